The van der Waals surface area contributed by atoms with Crippen molar-refractivity contribution in [2.45, 2.75) is 46.1 Å². The van der Waals surface area contributed by atoms with E-state index in [1.54, 1.807) is 11.1 Å². The van der Waals surface area contributed by atoms with Crippen LogP contribution >= 0.6 is 0 Å². The lowest BCUT2D eigenvalue weighted by Gasteiger charge is -2.23. The third-order valence-corrected chi connectivity index (χ3v) is 4.17. The molecule has 0 saturated heterocycles. The van der Waals surface area contributed by atoms with Crippen molar-refractivity contribution < 1.29 is 0 Å². The molecule has 0 aliphatic heterocycles. The number of hydrogen-bond donors (Lipinski definition) is 1. The molecule has 0 amide bonds. The van der Waals surface area contributed by atoms with Crippen LogP contribution in [0.1, 0.15) is 50.8 Å². The van der Waals surface area contributed by atoms with Crippen molar-refractivity contribution in [3.05, 3.63) is 35.4 Å². The first-order valence-corrected chi connectivity index (χ1v) is 7.07. The first-order valence-electron chi connectivity index (χ1n) is 7.07. The minimum Gasteiger partial charge on any atom is -0.310 e. The first kappa shape index (κ1) is 12.6. The second-order valence-electron chi connectivity index (χ2n) is 5.45. The second-order valence-corrected chi connectivity index (χ2v) is 5.45. The highest BCUT2D eigenvalue weighted by atomic mass is 14.9. The van der Waals surface area contributed by atoms with Crippen LogP contribution in [-0.4, -0.2) is 6.54 Å². The Kier molecular flexibility index (Phi) is 4.22. The van der Waals surface area contributed by atoms with Gasteiger partial charge in [-0.15, -0.1) is 0 Å². The minimum absolute atomic E-state index is 0.588. The van der Waals surface area contributed by atoms with Crippen molar-refractivity contribution in [3.63, 3.8) is 0 Å². The number of rotatable bonds is 5. The van der Waals surface area contributed by atoms with E-state index in [0.29, 0.717) is 6.04 Å². The van der Waals surface area contributed by atoms with Crippen molar-refractivity contribution in [3.8, 4) is 0 Å². The Bertz CT molecular complexity index is 358. The molecule has 1 nitrogen and oxygen atoms in total. The number of hydrogen-bond acceptors (Lipinski definition) is 1. The standard InChI is InChI=1S/C16H25N/c1-4-12(3)10-14-11-13-8-6-7-9-15(13)16(14)17-5-2/h6-9,12,14,16-17H,4-5,10-11H2,1-3H3. The third-order valence-electron chi connectivity index (χ3n) is 4.17. The van der Waals surface area contributed by atoms with Crippen LogP contribution < -0.4 is 5.32 Å². The number of benzene rings is 1. The van der Waals surface area contributed by atoms with E-state index in [0.717, 1.165) is 18.4 Å². The maximum atomic E-state index is 3.68. The van der Waals surface area contributed by atoms with Gasteiger partial charge >= 0.3 is 0 Å². The molecule has 0 saturated carbocycles. The van der Waals surface area contributed by atoms with E-state index in [1.165, 1.54) is 19.3 Å². The van der Waals surface area contributed by atoms with Crippen molar-refractivity contribution in [2.24, 2.45) is 11.8 Å². The summed E-state index contributed by atoms with van der Waals surface area (Å²) in [5.41, 5.74) is 3.11. The smallest absolute Gasteiger partial charge is 0.0354 e. The Labute approximate surface area is 106 Å². The molecule has 2 rings (SSSR count). The molecule has 1 aromatic carbocycles. The summed E-state index contributed by atoms with van der Waals surface area (Å²) in [6, 6.07) is 9.54. The summed E-state index contributed by atoms with van der Waals surface area (Å²) in [5.74, 6) is 1.64. The van der Waals surface area contributed by atoms with Crippen molar-refractivity contribution in [2.75, 3.05) is 6.54 Å². The molecular weight excluding hydrogens is 206 g/mol. The highest BCUT2D eigenvalue weighted by molar-refractivity contribution is 5.35. The van der Waals surface area contributed by atoms with Crippen LogP contribution in [0.3, 0.4) is 0 Å². The van der Waals surface area contributed by atoms with E-state index >= 15 is 0 Å². The molecule has 1 aliphatic carbocycles. The average molecular weight is 231 g/mol. The van der Waals surface area contributed by atoms with Gasteiger partial charge in [-0.25, -0.2) is 0 Å². The van der Waals surface area contributed by atoms with Crippen molar-refractivity contribution >= 4 is 0 Å². The molecule has 3 unspecified atom stereocenters. The molecule has 0 spiro atoms. The highest BCUT2D eigenvalue weighted by Crippen LogP contribution is 2.39. The van der Waals surface area contributed by atoms with Gasteiger partial charge in [-0.1, -0.05) is 51.5 Å². The van der Waals surface area contributed by atoms with E-state index in [-0.39, 0.29) is 0 Å². The quantitative estimate of drug-likeness (QED) is 0.809. The first-order chi connectivity index (χ1) is 8.26. The molecule has 94 valence electrons. The molecule has 0 fully saturated rings. The van der Waals surface area contributed by atoms with Gasteiger partial charge in [0.15, 0.2) is 0 Å². The SMILES string of the molecule is CCNC1c2ccccc2CC1CC(C)CC. The predicted molar refractivity (Wildman–Crippen MR) is 74.1 cm³/mol. The van der Waals surface area contributed by atoms with Crippen LogP contribution in [0, 0.1) is 11.8 Å². The Morgan fingerprint density at radius 1 is 1.29 bits per heavy atom. The molecule has 0 bridgehead atoms. The van der Waals surface area contributed by atoms with Gasteiger partial charge in [0, 0.05) is 6.04 Å². The largest absolute Gasteiger partial charge is 0.310 e. The monoisotopic (exact) mass is 231 g/mol. The molecule has 1 heteroatoms. The molecule has 3 atom stereocenters. The highest BCUT2D eigenvalue weighted by Gasteiger charge is 2.31. The molecule has 1 N–H and O–H groups in total. The van der Waals surface area contributed by atoms with Crippen LogP contribution in [0.25, 0.3) is 0 Å². The van der Waals surface area contributed by atoms with Gasteiger partial charge in [0.1, 0.15) is 0 Å². The summed E-state index contributed by atoms with van der Waals surface area (Å²) in [6.45, 7) is 7.96. The van der Waals surface area contributed by atoms with Crippen molar-refractivity contribution in [1.29, 1.82) is 0 Å². The molecule has 0 heterocycles. The zero-order valence-corrected chi connectivity index (χ0v) is 11.4. The second kappa shape index (κ2) is 5.68. The summed E-state index contributed by atoms with van der Waals surface area (Å²) >= 11 is 0. The van der Waals surface area contributed by atoms with Crippen LogP contribution in [0.4, 0.5) is 0 Å². The topological polar surface area (TPSA) is 12.0 Å². The molecule has 1 aliphatic rings. The van der Waals surface area contributed by atoms with Crippen molar-refractivity contribution in [1.82, 2.24) is 5.32 Å². The van der Waals surface area contributed by atoms with Gasteiger partial charge in [0.05, 0.1) is 0 Å². The molecule has 0 radical (unpaired) electrons. The summed E-state index contributed by atoms with van der Waals surface area (Å²) in [5, 5.41) is 3.68. The average Bonchev–Trinajstić information content (AvgIpc) is 2.68. The minimum atomic E-state index is 0.588. The zero-order chi connectivity index (χ0) is 12.3. The molecular formula is C16H25N. The lowest BCUT2D eigenvalue weighted by molar-refractivity contribution is 0.317. The number of nitrogens with one attached hydrogen (secondary N) is 1. The van der Waals surface area contributed by atoms with Gasteiger partial charge in [0.25, 0.3) is 0 Å². The van der Waals surface area contributed by atoms with E-state index in [1.807, 2.05) is 0 Å². The lowest BCUT2D eigenvalue weighted by Crippen LogP contribution is -2.26. The maximum absolute atomic E-state index is 3.68. The summed E-state index contributed by atoms with van der Waals surface area (Å²) < 4.78 is 0. The summed E-state index contributed by atoms with van der Waals surface area (Å²) in [4.78, 5) is 0. The van der Waals surface area contributed by atoms with E-state index in [4.69, 9.17) is 0 Å². The van der Waals surface area contributed by atoms with E-state index in [2.05, 4.69) is 50.4 Å². The van der Waals surface area contributed by atoms with Gasteiger partial charge in [-0.3, -0.25) is 0 Å². The summed E-state index contributed by atoms with van der Waals surface area (Å²) in [6.07, 6.45) is 3.91. The Morgan fingerprint density at radius 2 is 2.06 bits per heavy atom. The number of fused-ring (bicyclic) bond motifs is 1. The van der Waals surface area contributed by atoms with Crippen LogP contribution in [0.15, 0.2) is 24.3 Å². The Balaban J connectivity index is 2.14. The van der Waals surface area contributed by atoms with Crippen LogP contribution in [-0.2, 0) is 6.42 Å². The van der Waals surface area contributed by atoms with Gasteiger partial charge in [-0.2, -0.15) is 0 Å². The van der Waals surface area contributed by atoms with E-state index in [9.17, 15) is 0 Å². The third kappa shape index (κ3) is 2.71. The maximum Gasteiger partial charge on any atom is 0.0354 e. The molecule has 0 aromatic heterocycles. The molecule has 1 aromatic rings. The van der Waals surface area contributed by atoms with Crippen LogP contribution in [0.5, 0.6) is 0 Å². The van der Waals surface area contributed by atoms with Gasteiger partial charge in [-0.05, 0) is 42.3 Å². The van der Waals surface area contributed by atoms with Crippen LogP contribution in [0.2, 0.25) is 0 Å². The lowest BCUT2D eigenvalue weighted by atomic mass is 9.89. The Morgan fingerprint density at radius 3 is 2.76 bits per heavy atom. The summed E-state index contributed by atoms with van der Waals surface area (Å²) in [7, 11) is 0. The fraction of sp³-hybridized carbons (Fsp3) is 0.625. The predicted octanol–water partition coefficient (Wildman–Crippen LogP) is 3.95. The van der Waals surface area contributed by atoms with Gasteiger partial charge in [0.2, 0.25) is 0 Å². The Hall–Kier alpha value is -0.820. The molecule has 17 heavy (non-hydrogen) atoms. The zero-order valence-electron chi connectivity index (χ0n) is 11.4. The van der Waals surface area contributed by atoms with E-state index < -0.39 is 0 Å². The normalized spacial score (nSPS) is 24.6. The van der Waals surface area contributed by atoms with Gasteiger partial charge < -0.3 is 5.32 Å². The fourth-order valence-electron chi connectivity index (χ4n) is 3.08. The fourth-order valence-corrected chi connectivity index (χ4v) is 3.08.